The number of aliphatic imine (C=N–C) groups is 1. The largest absolute Gasteiger partial charge is 0.486 e. The quantitative estimate of drug-likeness (QED) is 0.291. The molecule has 0 aliphatic carbocycles. The Morgan fingerprint density at radius 1 is 1.12 bits per heavy atom. The minimum atomic E-state index is -0.391. The van der Waals surface area contributed by atoms with Gasteiger partial charge in [-0.2, -0.15) is 0 Å². The minimum Gasteiger partial charge on any atom is -0.486 e. The summed E-state index contributed by atoms with van der Waals surface area (Å²) >= 11 is 0. The van der Waals surface area contributed by atoms with Crippen LogP contribution in [0.2, 0.25) is 0 Å². The number of ether oxygens (including phenoxy) is 2. The molecule has 0 amide bonds. The molecule has 0 saturated carbocycles. The van der Waals surface area contributed by atoms with E-state index >= 15 is 0 Å². The van der Waals surface area contributed by atoms with E-state index < -0.39 is 5.82 Å². The second-order valence-electron chi connectivity index (χ2n) is 7.32. The summed E-state index contributed by atoms with van der Waals surface area (Å²) < 4.78 is 39.3. The van der Waals surface area contributed by atoms with E-state index in [0.29, 0.717) is 57.6 Å². The maximum Gasteiger partial charge on any atom is 0.191 e. The van der Waals surface area contributed by atoms with E-state index in [1.165, 1.54) is 12.1 Å². The highest BCUT2D eigenvalue weighted by atomic mass is 127. The van der Waals surface area contributed by atoms with Gasteiger partial charge in [0.1, 0.15) is 11.9 Å². The standard InChI is InChI=1S/C23H30F2N4O2.HI/c1-3-26-23(27-15-17(2)31-22-7-5-4-6-19(22)24)28-16-18-8-9-21(20(25)14-18)29-10-12-30-13-11-29;/h4-9,14,17H,3,10-13,15-16H2,1-2H3,(H2,26,27,28);1H. The summed E-state index contributed by atoms with van der Waals surface area (Å²) in [6, 6.07) is 11.5. The van der Waals surface area contributed by atoms with E-state index in [-0.39, 0.29) is 41.6 Å². The van der Waals surface area contributed by atoms with E-state index in [2.05, 4.69) is 15.6 Å². The van der Waals surface area contributed by atoms with Gasteiger partial charge in [-0.1, -0.05) is 18.2 Å². The lowest BCUT2D eigenvalue weighted by molar-refractivity contribution is 0.122. The van der Waals surface area contributed by atoms with Gasteiger partial charge in [-0.25, -0.2) is 13.8 Å². The lowest BCUT2D eigenvalue weighted by Gasteiger charge is -2.29. The first-order valence-corrected chi connectivity index (χ1v) is 10.6. The fourth-order valence-electron chi connectivity index (χ4n) is 3.26. The van der Waals surface area contributed by atoms with Gasteiger partial charge in [0.2, 0.25) is 0 Å². The minimum absolute atomic E-state index is 0. The molecule has 1 atom stereocenters. The predicted molar refractivity (Wildman–Crippen MR) is 134 cm³/mol. The van der Waals surface area contributed by atoms with E-state index in [9.17, 15) is 8.78 Å². The fraction of sp³-hybridized carbons (Fsp3) is 0.435. The monoisotopic (exact) mass is 560 g/mol. The number of halogens is 3. The van der Waals surface area contributed by atoms with Crippen LogP contribution in [0.1, 0.15) is 19.4 Å². The maximum absolute atomic E-state index is 14.6. The van der Waals surface area contributed by atoms with Crippen LogP contribution < -0.4 is 20.3 Å². The molecule has 0 spiro atoms. The van der Waals surface area contributed by atoms with Gasteiger partial charge in [0, 0.05) is 19.6 Å². The van der Waals surface area contributed by atoms with E-state index in [0.717, 1.165) is 5.56 Å². The first kappa shape index (κ1) is 26.1. The van der Waals surface area contributed by atoms with Crippen molar-refractivity contribution in [2.45, 2.75) is 26.5 Å². The number of hydrogen-bond donors (Lipinski definition) is 2. The zero-order valence-electron chi connectivity index (χ0n) is 18.4. The van der Waals surface area contributed by atoms with Crippen molar-refractivity contribution < 1.29 is 18.3 Å². The van der Waals surface area contributed by atoms with E-state index in [1.807, 2.05) is 24.8 Å². The van der Waals surface area contributed by atoms with Crippen molar-refractivity contribution in [1.82, 2.24) is 10.6 Å². The number of benzene rings is 2. The normalized spacial score (nSPS) is 15.0. The number of hydrogen-bond acceptors (Lipinski definition) is 4. The Morgan fingerprint density at radius 3 is 2.56 bits per heavy atom. The molecule has 32 heavy (non-hydrogen) atoms. The highest BCUT2D eigenvalue weighted by Gasteiger charge is 2.15. The average Bonchev–Trinajstić information content (AvgIpc) is 2.78. The smallest absolute Gasteiger partial charge is 0.191 e. The number of rotatable bonds is 8. The van der Waals surface area contributed by atoms with Crippen molar-refractivity contribution in [1.29, 1.82) is 0 Å². The van der Waals surface area contributed by atoms with Gasteiger partial charge in [-0.3, -0.25) is 0 Å². The topological polar surface area (TPSA) is 58.1 Å². The first-order valence-electron chi connectivity index (χ1n) is 10.6. The van der Waals surface area contributed by atoms with Crippen LogP contribution >= 0.6 is 24.0 Å². The van der Waals surface area contributed by atoms with Gasteiger partial charge >= 0.3 is 0 Å². The molecule has 6 nitrogen and oxygen atoms in total. The molecule has 2 aromatic rings. The van der Waals surface area contributed by atoms with Crippen LogP contribution in [0.15, 0.2) is 47.5 Å². The van der Waals surface area contributed by atoms with Crippen molar-refractivity contribution >= 4 is 35.6 Å². The van der Waals surface area contributed by atoms with Crippen molar-refractivity contribution in [3.63, 3.8) is 0 Å². The third kappa shape index (κ3) is 7.77. The second kappa shape index (κ2) is 13.4. The van der Waals surface area contributed by atoms with Crippen LogP contribution in [0.3, 0.4) is 0 Å². The lowest BCUT2D eigenvalue weighted by Crippen LogP contribution is -2.41. The van der Waals surface area contributed by atoms with Crippen LogP contribution in [-0.4, -0.2) is 51.5 Å². The molecule has 9 heteroatoms. The molecule has 1 heterocycles. The Labute approximate surface area is 205 Å². The Kier molecular flexibility index (Phi) is 10.9. The maximum atomic E-state index is 14.6. The zero-order valence-corrected chi connectivity index (χ0v) is 20.8. The van der Waals surface area contributed by atoms with E-state index in [4.69, 9.17) is 9.47 Å². The number of nitrogens with one attached hydrogen (secondary N) is 2. The predicted octanol–water partition coefficient (Wildman–Crippen LogP) is 3.94. The number of para-hydroxylation sites is 1. The zero-order chi connectivity index (χ0) is 22.1. The number of nitrogens with zero attached hydrogens (tertiary/aromatic N) is 2. The average molecular weight is 560 g/mol. The van der Waals surface area contributed by atoms with Crippen molar-refractivity contribution in [2.75, 3.05) is 44.3 Å². The SMILES string of the molecule is CCNC(=NCc1ccc(N2CCOCC2)c(F)c1)NCC(C)Oc1ccccc1F.I. The molecule has 1 aliphatic rings. The lowest BCUT2D eigenvalue weighted by atomic mass is 10.1. The van der Waals surface area contributed by atoms with Crippen LogP contribution in [0.5, 0.6) is 5.75 Å². The summed E-state index contributed by atoms with van der Waals surface area (Å²) in [7, 11) is 0. The molecule has 1 aliphatic heterocycles. The molecule has 2 N–H and O–H groups in total. The molecule has 2 aromatic carbocycles. The Balaban J connectivity index is 0.00000363. The van der Waals surface area contributed by atoms with Crippen molar-refractivity contribution in [2.24, 2.45) is 4.99 Å². The summed E-state index contributed by atoms with van der Waals surface area (Å²) in [6.07, 6.45) is -0.272. The molecule has 1 fully saturated rings. The summed E-state index contributed by atoms with van der Waals surface area (Å²) in [4.78, 5) is 6.52. The highest BCUT2D eigenvalue weighted by Crippen LogP contribution is 2.22. The number of morpholine rings is 1. The van der Waals surface area contributed by atoms with Crippen LogP contribution in [0, 0.1) is 11.6 Å². The summed E-state index contributed by atoms with van der Waals surface area (Å²) in [6.45, 7) is 7.87. The van der Waals surface area contributed by atoms with Crippen LogP contribution in [0.4, 0.5) is 14.5 Å². The van der Waals surface area contributed by atoms with Gasteiger partial charge in [0.25, 0.3) is 0 Å². The molecule has 1 saturated heterocycles. The fourth-order valence-corrected chi connectivity index (χ4v) is 3.26. The van der Waals surface area contributed by atoms with Gasteiger partial charge in [0.05, 0.1) is 32.0 Å². The van der Waals surface area contributed by atoms with Crippen molar-refractivity contribution in [3.8, 4) is 5.75 Å². The number of guanidine groups is 1. The number of anilines is 1. The summed E-state index contributed by atoms with van der Waals surface area (Å²) in [5, 5.41) is 6.34. The molecule has 0 aromatic heterocycles. The van der Waals surface area contributed by atoms with E-state index in [1.54, 1.807) is 24.3 Å². The Bertz CT molecular complexity index is 879. The van der Waals surface area contributed by atoms with Gasteiger partial charge in [-0.15, -0.1) is 24.0 Å². The molecular formula is C23H31F2IN4O2. The molecule has 0 bridgehead atoms. The third-order valence-corrected chi connectivity index (χ3v) is 4.85. The van der Waals surface area contributed by atoms with Crippen molar-refractivity contribution in [3.05, 3.63) is 59.7 Å². The first-order chi connectivity index (χ1) is 15.1. The highest BCUT2D eigenvalue weighted by molar-refractivity contribution is 14.0. The Hall–Kier alpha value is -2.14. The third-order valence-electron chi connectivity index (χ3n) is 4.85. The molecular weight excluding hydrogens is 529 g/mol. The summed E-state index contributed by atoms with van der Waals surface area (Å²) in [5.74, 6) is 0.163. The van der Waals surface area contributed by atoms with Crippen LogP contribution in [0.25, 0.3) is 0 Å². The van der Waals surface area contributed by atoms with Crippen LogP contribution in [-0.2, 0) is 11.3 Å². The summed E-state index contributed by atoms with van der Waals surface area (Å²) in [5.41, 5.74) is 1.38. The van der Waals surface area contributed by atoms with Gasteiger partial charge in [-0.05, 0) is 43.7 Å². The Morgan fingerprint density at radius 2 is 1.88 bits per heavy atom. The molecule has 1 unspecified atom stereocenters. The second-order valence-corrected chi connectivity index (χ2v) is 7.32. The molecule has 3 rings (SSSR count). The molecule has 0 radical (unpaired) electrons. The molecule has 176 valence electrons. The van der Waals surface area contributed by atoms with Gasteiger partial charge < -0.3 is 25.0 Å². The van der Waals surface area contributed by atoms with Gasteiger partial charge in [0.15, 0.2) is 17.5 Å².